The topological polar surface area (TPSA) is 126 Å². The first-order valence-corrected chi connectivity index (χ1v) is 15.4. The second-order valence-electron chi connectivity index (χ2n) is 13.4. The Kier molecular flexibility index (Phi) is 9.20. The number of hydrogen-bond donors (Lipinski definition) is 2. The predicted molar refractivity (Wildman–Crippen MR) is 171 cm³/mol. The molecule has 2 saturated heterocycles. The van der Waals surface area contributed by atoms with Crippen LogP contribution in [0.1, 0.15) is 66.3 Å². The maximum atomic E-state index is 13.0. The van der Waals surface area contributed by atoms with E-state index in [1.807, 2.05) is 90.1 Å². The van der Waals surface area contributed by atoms with Gasteiger partial charge in [-0.3, -0.25) is 14.6 Å². The van der Waals surface area contributed by atoms with Crippen molar-refractivity contribution in [3.05, 3.63) is 60.6 Å². The largest absolute Gasteiger partial charge is 0.444 e. The minimum absolute atomic E-state index is 0.219. The van der Waals surface area contributed by atoms with Crippen molar-refractivity contribution in [2.75, 3.05) is 31.6 Å². The summed E-state index contributed by atoms with van der Waals surface area (Å²) in [6.45, 7) is 12.7. The average Bonchev–Trinajstić information content (AvgIpc) is 3.67. The number of ether oxygens (including phenoxy) is 3. The normalized spacial score (nSPS) is 18.9. The Balaban J connectivity index is 1.21. The van der Waals surface area contributed by atoms with E-state index in [4.69, 9.17) is 14.2 Å². The number of imidazole rings is 1. The number of morpholine rings is 1. The maximum Gasteiger partial charge on any atom is 0.411 e. The van der Waals surface area contributed by atoms with Gasteiger partial charge in [-0.15, -0.1) is 0 Å². The number of carbonyl (C=O) groups excluding carboxylic acids is 3. The van der Waals surface area contributed by atoms with E-state index in [2.05, 4.69) is 15.3 Å². The number of nitrogens with zero attached hydrogens (tertiary/aromatic N) is 3. The minimum atomic E-state index is -0.619. The van der Waals surface area contributed by atoms with Crippen LogP contribution in [0.25, 0.3) is 22.4 Å². The van der Waals surface area contributed by atoms with Gasteiger partial charge in [-0.25, -0.2) is 14.6 Å². The highest BCUT2D eigenvalue weighted by atomic mass is 16.6. The Morgan fingerprint density at radius 3 is 2.04 bits per heavy atom. The summed E-state index contributed by atoms with van der Waals surface area (Å²) >= 11 is 0. The van der Waals surface area contributed by atoms with Crippen molar-refractivity contribution in [1.29, 1.82) is 0 Å². The second kappa shape index (κ2) is 12.9. The zero-order valence-electron chi connectivity index (χ0n) is 26.9. The van der Waals surface area contributed by atoms with Crippen LogP contribution < -0.4 is 5.32 Å². The molecule has 240 valence electrons. The number of amides is 3. The fourth-order valence-electron chi connectivity index (χ4n) is 5.41. The number of carbonyl (C=O) groups is 3. The fraction of sp³-hybridized carbons (Fsp3) is 0.471. The molecule has 0 aliphatic carbocycles. The molecule has 2 N–H and O–H groups in total. The summed E-state index contributed by atoms with van der Waals surface area (Å²) in [7, 11) is 0. The molecule has 0 bridgehead atoms. The average molecular weight is 618 g/mol. The number of likely N-dealkylation sites (tertiary alicyclic amines) is 1. The van der Waals surface area contributed by atoms with Gasteiger partial charge in [0.1, 0.15) is 29.1 Å². The number of benzene rings is 2. The van der Waals surface area contributed by atoms with Gasteiger partial charge < -0.3 is 24.5 Å². The summed E-state index contributed by atoms with van der Waals surface area (Å²) in [5, 5.41) is 2.95. The first-order chi connectivity index (χ1) is 21.3. The van der Waals surface area contributed by atoms with Crippen molar-refractivity contribution < 1.29 is 28.6 Å². The molecule has 0 radical (unpaired) electrons. The van der Waals surface area contributed by atoms with Gasteiger partial charge in [0, 0.05) is 18.8 Å². The molecule has 11 heteroatoms. The van der Waals surface area contributed by atoms with Gasteiger partial charge in [-0.05, 0) is 83.2 Å². The molecule has 3 heterocycles. The van der Waals surface area contributed by atoms with E-state index in [9.17, 15) is 14.4 Å². The molecule has 5 rings (SSSR count). The summed E-state index contributed by atoms with van der Waals surface area (Å²) in [5.41, 5.74) is 3.24. The Labute approximate surface area is 264 Å². The lowest BCUT2D eigenvalue weighted by Gasteiger charge is -2.35. The predicted octanol–water partition coefficient (Wildman–Crippen LogP) is 6.39. The van der Waals surface area contributed by atoms with E-state index in [1.54, 1.807) is 11.1 Å². The Bertz CT molecular complexity index is 1500. The van der Waals surface area contributed by atoms with Crippen molar-refractivity contribution in [2.24, 2.45) is 0 Å². The molecule has 2 aliphatic rings. The van der Waals surface area contributed by atoms with E-state index in [-0.39, 0.29) is 18.0 Å². The molecular weight excluding hydrogens is 574 g/mol. The van der Waals surface area contributed by atoms with Crippen molar-refractivity contribution in [3.8, 4) is 22.4 Å². The van der Waals surface area contributed by atoms with E-state index in [0.29, 0.717) is 44.2 Å². The highest BCUT2D eigenvalue weighted by Crippen LogP contribution is 2.29. The molecule has 0 spiro atoms. The summed E-state index contributed by atoms with van der Waals surface area (Å²) < 4.78 is 16.7. The van der Waals surface area contributed by atoms with E-state index in [0.717, 1.165) is 28.8 Å². The molecule has 2 fully saturated rings. The van der Waals surface area contributed by atoms with Gasteiger partial charge >= 0.3 is 12.2 Å². The van der Waals surface area contributed by atoms with Crippen molar-refractivity contribution in [1.82, 2.24) is 19.8 Å². The van der Waals surface area contributed by atoms with Gasteiger partial charge in [0.05, 0.1) is 25.1 Å². The molecule has 0 saturated carbocycles. The lowest BCUT2D eigenvalue weighted by Crippen LogP contribution is -2.46. The molecule has 2 unspecified atom stereocenters. The zero-order valence-corrected chi connectivity index (χ0v) is 26.9. The van der Waals surface area contributed by atoms with Crippen LogP contribution in [0.4, 0.5) is 15.3 Å². The van der Waals surface area contributed by atoms with E-state index < -0.39 is 23.3 Å². The smallest absolute Gasteiger partial charge is 0.411 e. The Morgan fingerprint density at radius 2 is 1.42 bits per heavy atom. The monoisotopic (exact) mass is 617 g/mol. The minimum Gasteiger partial charge on any atom is -0.444 e. The van der Waals surface area contributed by atoms with Gasteiger partial charge in [0.2, 0.25) is 5.91 Å². The van der Waals surface area contributed by atoms with Crippen LogP contribution in [0.2, 0.25) is 0 Å². The molecule has 2 aliphatic heterocycles. The molecule has 3 amide bonds. The number of aromatic amines is 1. The molecule has 45 heavy (non-hydrogen) atoms. The molecule has 11 nitrogen and oxygen atoms in total. The Hall–Kier alpha value is -4.38. The van der Waals surface area contributed by atoms with Gasteiger partial charge in [0.15, 0.2) is 0 Å². The standard InChI is InChI=1S/C34H43N5O6/c1-33(2,3)44-31(41)38-17-7-8-27(38)30(40)36-25-15-13-23(14-16-25)22-9-11-24(12-10-22)26-20-35-29(37-26)28-21-43-19-18-39(28)32(42)45-34(4,5)6/h9-16,20,27-28H,7-8,17-19,21H2,1-6H3,(H,35,37)(H,36,40). The number of anilines is 1. The van der Waals surface area contributed by atoms with Crippen LogP contribution in [0.5, 0.6) is 0 Å². The third-order valence-electron chi connectivity index (χ3n) is 7.53. The third-order valence-corrected chi connectivity index (χ3v) is 7.53. The zero-order chi connectivity index (χ0) is 32.4. The number of hydrogen-bond acceptors (Lipinski definition) is 7. The number of H-pyrrole nitrogens is 1. The SMILES string of the molecule is CC(C)(C)OC(=O)N1CCCC1C(=O)Nc1ccc(-c2ccc(-c3cnc(C4COCCN4C(=O)OC(C)(C)C)[nH]3)cc2)cc1. The van der Waals surface area contributed by atoms with Crippen LogP contribution in [0.15, 0.2) is 54.7 Å². The van der Waals surface area contributed by atoms with Gasteiger partial charge in [-0.1, -0.05) is 36.4 Å². The second-order valence-corrected chi connectivity index (χ2v) is 13.4. The molecule has 2 aromatic carbocycles. The quantitative estimate of drug-likeness (QED) is 0.340. The number of rotatable bonds is 5. The summed E-state index contributed by atoms with van der Waals surface area (Å²) in [4.78, 5) is 49.6. The lowest BCUT2D eigenvalue weighted by molar-refractivity contribution is -0.120. The summed E-state index contributed by atoms with van der Waals surface area (Å²) in [6.07, 6.45) is 2.27. The Morgan fingerprint density at radius 1 is 0.844 bits per heavy atom. The van der Waals surface area contributed by atoms with Gasteiger partial charge in [0.25, 0.3) is 0 Å². The summed E-state index contributed by atoms with van der Waals surface area (Å²) in [6, 6.07) is 14.8. The fourth-order valence-corrected chi connectivity index (χ4v) is 5.41. The van der Waals surface area contributed by atoms with Crippen molar-refractivity contribution >= 4 is 23.8 Å². The van der Waals surface area contributed by atoms with Crippen molar-refractivity contribution in [3.63, 3.8) is 0 Å². The molecular formula is C34H43N5O6. The van der Waals surface area contributed by atoms with Gasteiger partial charge in [-0.2, -0.15) is 0 Å². The highest BCUT2D eigenvalue weighted by Gasteiger charge is 2.37. The highest BCUT2D eigenvalue weighted by molar-refractivity contribution is 5.97. The van der Waals surface area contributed by atoms with Crippen LogP contribution >= 0.6 is 0 Å². The lowest BCUT2D eigenvalue weighted by atomic mass is 10.0. The maximum absolute atomic E-state index is 13.0. The first-order valence-electron chi connectivity index (χ1n) is 15.4. The van der Waals surface area contributed by atoms with E-state index >= 15 is 0 Å². The summed E-state index contributed by atoms with van der Waals surface area (Å²) in [5.74, 6) is 0.424. The van der Waals surface area contributed by atoms with Crippen LogP contribution in [0, 0.1) is 0 Å². The third kappa shape index (κ3) is 8.02. The first kappa shape index (κ1) is 32.0. The van der Waals surface area contributed by atoms with Crippen molar-refractivity contribution in [2.45, 2.75) is 77.7 Å². The molecule has 2 atom stereocenters. The van der Waals surface area contributed by atoms with Crippen LogP contribution in [0.3, 0.4) is 0 Å². The van der Waals surface area contributed by atoms with E-state index in [1.165, 1.54) is 4.90 Å². The van der Waals surface area contributed by atoms with Crippen LogP contribution in [-0.4, -0.2) is 81.4 Å². The number of nitrogens with one attached hydrogen (secondary N) is 2. The van der Waals surface area contributed by atoms with Crippen LogP contribution in [-0.2, 0) is 19.0 Å². The molecule has 3 aromatic rings. The molecule has 1 aromatic heterocycles. The number of aromatic nitrogens is 2.